The summed E-state index contributed by atoms with van der Waals surface area (Å²) in [5.41, 5.74) is 1.65. The summed E-state index contributed by atoms with van der Waals surface area (Å²) in [5, 5.41) is 0. The smallest absolute Gasteiger partial charge is 0.331 e. The molecule has 0 aromatic heterocycles. The number of hydrogen-bond acceptors (Lipinski definition) is 6. The standard InChI is InChI=1S/C23H25FN2O5/c1-29-20-9-3-17(15-21(20)30-2)4-10-23(28)31-16-22(27)26-13-11-25(12-14-26)19-7-5-18(24)6-8-19/h3-10,15H,11-14,16H2,1-2H3/b10-4+. The van der Waals surface area contributed by atoms with E-state index in [9.17, 15) is 14.0 Å². The molecule has 0 bridgehead atoms. The minimum Gasteiger partial charge on any atom is -0.493 e. The fourth-order valence-corrected chi connectivity index (χ4v) is 3.26. The van der Waals surface area contributed by atoms with E-state index in [2.05, 4.69) is 4.90 Å². The molecule has 0 spiro atoms. The third-order valence-electron chi connectivity index (χ3n) is 4.98. The maximum Gasteiger partial charge on any atom is 0.331 e. The largest absolute Gasteiger partial charge is 0.493 e. The maximum atomic E-state index is 13.1. The third kappa shape index (κ3) is 5.97. The van der Waals surface area contributed by atoms with Crippen molar-refractivity contribution < 1.29 is 28.2 Å². The first kappa shape index (κ1) is 22.1. The van der Waals surface area contributed by atoms with Crippen molar-refractivity contribution in [3.8, 4) is 11.5 Å². The van der Waals surface area contributed by atoms with E-state index in [1.54, 1.807) is 48.4 Å². The molecule has 0 aliphatic carbocycles. The number of rotatable bonds is 7. The quantitative estimate of drug-likeness (QED) is 0.499. The molecule has 31 heavy (non-hydrogen) atoms. The van der Waals surface area contributed by atoms with Gasteiger partial charge in [-0.2, -0.15) is 0 Å². The molecular formula is C23H25FN2O5. The molecule has 164 valence electrons. The van der Waals surface area contributed by atoms with Crippen molar-refractivity contribution in [3.63, 3.8) is 0 Å². The average molecular weight is 428 g/mol. The van der Waals surface area contributed by atoms with Gasteiger partial charge in [-0.3, -0.25) is 4.79 Å². The first-order chi connectivity index (χ1) is 15.0. The van der Waals surface area contributed by atoms with Gasteiger partial charge >= 0.3 is 5.97 Å². The second kappa shape index (κ2) is 10.5. The van der Waals surface area contributed by atoms with Crippen LogP contribution in [-0.4, -0.2) is 63.8 Å². The SMILES string of the molecule is COc1ccc(/C=C/C(=O)OCC(=O)N2CCN(c3ccc(F)cc3)CC2)cc1OC. The zero-order valence-electron chi connectivity index (χ0n) is 17.5. The van der Waals surface area contributed by atoms with Crippen LogP contribution in [0.25, 0.3) is 6.08 Å². The molecule has 8 heteroatoms. The van der Waals surface area contributed by atoms with Crippen LogP contribution < -0.4 is 14.4 Å². The number of carbonyl (C=O) groups is 2. The number of esters is 1. The topological polar surface area (TPSA) is 68.3 Å². The number of piperazine rings is 1. The number of amides is 1. The van der Waals surface area contributed by atoms with Crippen LogP contribution in [-0.2, 0) is 14.3 Å². The van der Waals surface area contributed by atoms with E-state index in [0.717, 1.165) is 11.3 Å². The number of hydrogen-bond donors (Lipinski definition) is 0. The van der Waals surface area contributed by atoms with Crippen LogP contribution in [0.4, 0.5) is 10.1 Å². The van der Waals surface area contributed by atoms with E-state index in [0.29, 0.717) is 37.7 Å². The van der Waals surface area contributed by atoms with Crippen LogP contribution in [0.2, 0.25) is 0 Å². The van der Waals surface area contributed by atoms with Gasteiger partial charge in [0.2, 0.25) is 0 Å². The van der Waals surface area contributed by atoms with Crippen molar-refractivity contribution in [2.75, 3.05) is 51.9 Å². The van der Waals surface area contributed by atoms with E-state index >= 15 is 0 Å². The van der Waals surface area contributed by atoms with E-state index in [1.165, 1.54) is 25.3 Å². The number of anilines is 1. The number of halogens is 1. The Morgan fingerprint density at radius 3 is 2.29 bits per heavy atom. The summed E-state index contributed by atoms with van der Waals surface area (Å²) in [4.78, 5) is 28.1. The summed E-state index contributed by atoms with van der Waals surface area (Å²) < 4.78 is 28.5. The summed E-state index contributed by atoms with van der Waals surface area (Å²) >= 11 is 0. The molecule has 2 aromatic carbocycles. The molecule has 3 rings (SSSR count). The molecule has 1 aliphatic heterocycles. The number of benzene rings is 2. The molecule has 0 radical (unpaired) electrons. The number of methoxy groups -OCH3 is 2. The van der Waals surface area contributed by atoms with Gasteiger partial charge in [0.05, 0.1) is 14.2 Å². The van der Waals surface area contributed by atoms with Gasteiger partial charge in [0, 0.05) is 37.9 Å². The first-order valence-electron chi connectivity index (χ1n) is 9.85. The second-order valence-electron chi connectivity index (χ2n) is 6.90. The minimum atomic E-state index is -0.604. The molecular weight excluding hydrogens is 403 g/mol. The number of ether oxygens (including phenoxy) is 3. The van der Waals surface area contributed by atoms with Crippen molar-refractivity contribution in [2.45, 2.75) is 0 Å². The van der Waals surface area contributed by atoms with Gasteiger partial charge in [0.15, 0.2) is 18.1 Å². The van der Waals surface area contributed by atoms with Gasteiger partial charge in [-0.05, 0) is 48.0 Å². The Labute approximate surface area is 180 Å². The minimum absolute atomic E-state index is 0.244. The summed E-state index contributed by atoms with van der Waals surface area (Å²) in [5.74, 6) is 0.0135. The summed E-state index contributed by atoms with van der Waals surface area (Å²) in [6.45, 7) is 1.96. The molecule has 0 unspecified atom stereocenters. The Hall–Kier alpha value is -3.55. The zero-order valence-corrected chi connectivity index (χ0v) is 17.5. The van der Waals surface area contributed by atoms with Gasteiger partial charge in [0.25, 0.3) is 5.91 Å². The highest BCUT2D eigenvalue weighted by atomic mass is 19.1. The Bertz CT molecular complexity index is 937. The van der Waals surface area contributed by atoms with Crippen LogP contribution in [0.1, 0.15) is 5.56 Å². The molecule has 0 N–H and O–H groups in total. The van der Waals surface area contributed by atoms with E-state index in [1.807, 2.05) is 0 Å². The van der Waals surface area contributed by atoms with E-state index < -0.39 is 5.97 Å². The highest BCUT2D eigenvalue weighted by Crippen LogP contribution is 2.28. The highest BCUT2D eigenvalue weighted by molar-refractivity contribution is 5.89. The number of nitrogens with zero attached hydrogens (tertiary/aromatic N) is 2. The van der Waals surface area contributed by atoms with Crippen LogP contribution in [0, 0.1) is 5.82 Å². The molecule has 7 nitrogen and oxygen atoms in total. The Morgan fingerprint density at radius 2 is 1.65 bits per heavy atom. The molecule has 1 saturated heterocycles. The van der Waals surface area contributed by atoms with Crippen molar-refractivity contribution in [2.24, 2.45) is 0 Å². The molecule has 0 saturated carbocycles. The van der Waals surface area contributed by atoms with Gasteiger partial charge in [-0.1, -0.05) is 6.07 Å². The third-order valence-corrected chi connectivity index (χ3v) is 4.98. The van der Waals surface area contributed by atoms with Crippen LogP contribution in [0.5, 0.6) is 11.5 Å². The summed E-state index contributed by atoms with van der Waals surface area (Å²) in [7, 11) is 3.08. The molecule has 0 atom stereocenters. The Kier molecular flexibility index (Phi) is 7.48. The van der Waals surface area contributed by atoms with Crippen LogP contribution in [0.15, 0.2) is 48.5 Å². The fourth-order valence-electron chi connectivity index (χ4n) is 3.26. The maximum absolute atomic E-state index is 13.1. The van der Waals surface area contributed by atoms with E-state index in [4.69, 9.17) is 14.2 Å². The van der Waals surface area contributed by atoms with Gasteiger partial charge in [-0.25, -0.2) is 9.18 Å². The van der Waals surface area contributed by atoms with Crippen LogP contribution >= 0.6 is 0 Å². The van der Waals surface area contributed by atoms with Crippen molar-refractivity contribution in [1.29, 1.82) is 0 Å². The predicted octanol–water partition coefficient (Wildman–Crippen LogP) is 2.75. The average Bonchev–Trinajstić information content (AvgIpc) is 2.81. The van der Waals surface area contributed by atoms with Crippen LogP contribution in [0.3, 0.4) is 0 Å². The molecule has 1 fully saturated rings. The summed E-state index contributed by atoms with van der Waals surface area (Å²) in [6, 6.07) is 11.5. The van der Waals surface area contributed by atoms with Gasteiger partial charge in [0.1, 0.15) is 5.82 Å². The lowest BCUT2D eigenvalue weighted by Gasteiger charge is -2.36. The molecule has 1 amide bonds. The predicted molar refractivity (Wildman–Crippen MR) is 115 cm³/mol. The first-order valence-corrected chi connectivity index (χ1v) is 9.85. The monoisotopic (exact) mass is 428 g/mol. The number of carbonyl (C=O) groups excluding carboxylic acids is 2. The lowest BCUT2D eigenvalue weighted by Crippen LogP contribution is -2.49. The van der Waals surface area contributed by atoms with Gasteiger partial charge in [-0.15, -0.1) is 0 Å². The molecule has 1 aliphatic rings. The normalized spacial score (nSPS) is 13.9. The van der Waals surface area contributed by atoms with Crippen molar-refractivity contribution in [3.05, 3.63) is 59.9 Å². The second-order valence-corrected chi connectivity index (χ2v) is 6.90. The molecule has 2 aromatic rings. The van der Waals surface area contributed by atoms with Crippen molar-refractivity contribution in [1.82, 2.24) is 4.90 Å². The lowest BCUT2D eigenvalue weighted by molar-refractivity contribution is -0.148. The lowest BCUT2D eigenvalue weighted by atomic mass is 10.2. The Morgan fingerprint density at radius 1 is 0.968 bits per heavy atom. The highest BCUT2D eigenvalue weighted by Gasteiger charge is 2.22. The fraction of sp³-hybridized carbons (Fsp3) is 0.304. The zero-order chi connectivity index (χ0) is 22.2. The van der Waals surface area contributed by atoms with E-state index in [-0.39, 0.29) is 18.3 Å². The van der Waals surface area contributed by atoms with Gasteiger partial charge < -0.3 is 24.0 Å². The van der Waals surface area contributed by atoms with Crippen molar-refractivity contribution >= 4 is 23.6 Å². The molecule has 1 heterocycles. The summed E-state index contributed by atoms with van der Waals surface area (Å²) in [6.07, 6.45) is 2.84. The Balaban J connectivity index is 1.45.